The molecule has 2 N–H and O–H groups in total. The molecule has 0 aromatic carbocycles. The maximum absolute atomic E-state index is 6.15. The second kappa shape index (κ2) is 8.04. The summed E-state index contributed by atoms with van der Waals surface area (Å²) in [6.45, 7) is 4.30. The van der Waals surface area contributed by atoms with Gasteiger partial charge in [-0.15, -0.1) is 0 Å². The highest BCUT2D eigenvalue weighted by atomic mass is 16.5. The minimum absolute atomic E-state index is 0.217. The molecule has 0 heterocycles. The molecular weight excluding hydrogens is 202 g/mol. The van der Waals surface area contributed by atoms with E-state index in [1.807, 2.05) is 0 Å². The second-order valence-corrected chi connectivity index (χ2v) is 4.92. The molecule has 0 aromatic rings. The first kappa shape index (κ1) is 13.9. The molecule has 1 aliphatic rings. The van der Waals surface area contributed by atoms with E-state index in [4.69, 9.17) is 15.2 Å². The summed E-state index contributed by atoms with van der Waals surface area (Å²) in [5, 5.41) is 0. The van der Waals surface area contributed by atoms with Crippen LogP contribution in [0, 0.1) is 11.8 Å². The Balaban J connectivity index is 2.10. The minimum atomic E-state index is 0.217. The number of nitrogens with two attached hydrogens (primary N) is 1. The predicted molar refractivity (Wildman–Crippen MR) is 66.4 cm³/mol. The third kappa shape index (κ3) is 4.81. The zero-order valence-electron chi connectivity index (χ0n) is 10.8. The van der Waals surface area contributed by atoms with Crippen LogP contribution in [0.25, 0.3) is 0 Å². The molecule has 0 radical (unpaired) electrons. The van der Waals surface area contributed by atoms with Gasteiger partial charge in [-0.2, -0.15) is 0 Å². The van der Waals surface area contributed by atoms with Crippen molar-refractivity contribution in [1.82, 2.24) is 0 Å². The lowest BCUT2D eigenvalue weighted by Crippen LogP contribution is -2.37. The van der Waals surface area contributed by atoms with Crippen molar-refractivity contribution in [2.24, 2.45) is 17.6 Å². The summed E-state index contributed by atoms with van der Waals surface area (Å²) in [4.78, 5) is 0. The molecule has 0 amide bonds. The lowest BCUT2D eigenvalue weighted by atomic mass is 9.78. The number of hydrogen-bond donors (Lipinski definition) is 1. The summed E-state index contributed by atoms with van der Waals surface area (Å²) >= 11 is 0. The van der Waals surface area contributed by atoms with E-state index >= 15 is 0 Å². The lowest BCUT2D eigenvalue weighted by molar-refractivity contribution is 0.0505. The summed E-state index contributed by atoms with van der Waals surface area (Å²) in [5.74, 6) is 1.61. The molecule has 96 valence electrons. The van der Waals surface area contributed by atoms with Crippen molar-refractivity contribution >= 4 is 0 Å². The van der Waals surface area contributed by atoms with Gasteiger partial charge in [0, 0.05) is 13.2 Å². The first-order valence-corrected chi connectivity index (χ1v) is 6.60. The van der Waals surface area contributed by atoms with Crippen LogP contribution in [-0.2, 0) is 9.47 Å². The molecule has 3 nitrogen and oxygen atoms in total. The number of ether oxygens (including phenoxy) is 2. The Morgan fingerprint density at radius 3 is 2.44 bits per heavy atom. The quantitative estimate of drug-likeness (QED) is 0.681. The van der Waals surface area contributed by atoms with Crippen LogP contribution >= 0.6 is 0 Å². The molecule has 0 saturated heterocycles. The van der Waals surface area contributed by atoms with Gasteiger partial charge in [-0.25, -0.2) is 0 Å². The largest absolute Gasteiger partial charge is 0.382 e. The van der Waals surface area contributed by atoms with E-state index in [2.05, 4.69) is 6.92 Å². The molecule has 0 aliphatic heterocycles. The molecule has 1 fully saturated rings. The van der Waals surface area contributed by atoms with Crippen LogP contribution in [0.2, 0.25) is 0 Å². The van der Waals surface area contributed by atoms with Crippen molar-refractivity contribution in [2.75, 3.05) is 26.9 Å². The van der Waals surface area contributed by atoms with Gasteiger partial charge in [-0.3, -0.25) is 0 Å². The van der Waals surface area contributed by atoms with Crippen molar-refractivity contribution < 1.29 is 9.47 Å². The molecule has 16 heavy (non-hydrogen) atoms. The van der Waals surface area contributed by atoms with E-state index in [9.17, 15) is 0 Å². The Bertz CT molecular complexity index is 167. The summed E-state index contributed by atoms with van der Waals surface area (Å²) < 4.78 is 10.4. The molecule has 1 unspecified atom stereocenters. The van der Waals surface area contributed by atoms with Crippen LogP contribution in [0.4, 0.5) is 0 Å². The maximum Gasteiger partial charge on any atom is 0.0701 e. The summed E-state index contributed by atoms with van der Waals surface area (Å²) in [6.07, 6.45) is 6.60. The average molecular weight is 229 g/mol. The zero-order chi connectivity index (χ0) is 11.8. The van der Waals surface area contributed by atoms with Gasteiger partial charge in [-0.1, -0.05) is 26.2 Å². The number of rotatable bonds is 7. The van der Waals surface area contributed by atoms with E-state index < -0.39 is 0 Å². The summed E-state index contributed by atoms with van der Waals surface area (Å²) in [6, 6.07) is 0.217. The van der Waals surface area contributed by atoms with Gasteiger partial charge >= 0.3 is 0 Å². The van der Waals surface area contributed by atoms with E-state index in [1.165, 1.54) is 32.1 Å². The standard InChI is InChI=1S/C13H27NO2/c1-3-11-4-6-12(7-5-11)13(14)10-16-9-8-15-2/h11-13H,3-10,14H2,1-2H3. The van der Waals surface area contributed by atoms with E-state index in [-0.39, 0.29) is 6.04 Å². The first-order chi connectivity index (χ1) is 7.77. The first-order valence-electron chi connectivity index (χ1n) is 6.60. The van der Waals surface area contributed by atoms with E-state index in [0.717, 1.165) is 5.92 Å². The Kier molecular flexibility index (Phi) is 7.01. The van der Waals surface area contributed by atoms with Crippen LogP contribution in [0.1, 0.15) is 39.0 Å². The Morgan fingerprint density at radius 2 is 1.88 bits per heavy atom. The second-order valence-electron chi connectivity index (χ2n) is 4.92. The fourth-order valence-electron chi connectivity index (χ4n) is 2.52. The fraction of sp³-hybridized carbons (Fsp3) is 1.00. The molecule has 0 aromatic heterocycles. The van der Waals surface area contributed by atoms with Gasteiger partial charge in [0.15, 0.2) is 0 Å². The van der Waals surface area contributed by atoms with Crippen molar-refractivity contribution in [1.29, 1.82) is 0 Å². The normalized spacial score (nSPS) is 27.9. The molecule has 1 saturated carbocycles. The van der Waals surface area contributed by atoms with Gasteiger partial charge in [-0.05, 0) is 24.7 Å². The molecular formula is C13H27NO2. The SMILES string of the molecule is CCC1CCC(C(N)COCCOC)CC1. The predicted octanol–water partition coefficient (Wildman–Crippen LogP) is 2.19. The van der Waals surface area contributed by atoms with Gasteiger partial charge < -0.3 is 15.2 Å². The minimum Gasteiger partial charge on any atom is -0.382 e. The maximum atomic E-state index is 6.15. The van der Waals surface area contributed by atoms with Gasteiger partial charge in [0.25, 0.3) is 0 Å². The van der Waals surface area contributed by atoms with E-state index in [1.54, 1.807) is 7.11 Å². The molecule has 1 aliphatic carbocycles. The molecule has 0 bridgehead atoms. The third-order valence-electron chi connectivity index (χ3n) is 3.82. The highest BCUT2D eigenvalue weighted by molar-refractivity contribution is 4.79. The molecule has 1 rings (SSSR count). The Morgan fingerprint density at radius 1 is 1.19 bits per heavy atom. The molecule has 0 spiro atoms. The van der Waals surface area contributed by atoms with Crippen LogP contribution < -0.4 is 5.73 Å². The van der Waals surface area contributed by atoms with Crippen molar-refractivity contribution in [3.63, 3.8) is 0 Å². The smallest absolute Gasteiger partial charge is 0.0701 e. The van der Waals surface area contributed by atoms with Gasteiger partial charge in [0.2, 0.25) is 0 Å². The van der Waals surface area contributed by atoms with Crippen LogP contribution in [0.5, 0.6) is 0 Å². The van der Waals surface area contributed by atoms with Gasteiger partial charge in [0.05, 0.1) is 19.8 Å². The van der Waals surface area contributed by atoms with Crippen molar-refractivity contribution in [3.8, 4) is 0 Å². The zero-order valence-corrected chi connectivity index (χ0v) is 10.8. The molecule has 3 heteroatoms. The van der Waals surface area contributed by atoms with Gasteiger partial charge in [0.1, 0.15) is 0 Å². The topological polar surface area (TPSA) is 44.5 Å². The van der Waals surface area contributed by atoms with Crippen molar-refractivity contribution in [3.05, 3.63) is 0 Å². The highest BCUT2D eigenvalue weighted by Crippen LogP contribution is 2.31. The van der Waals surface area contributed by atoms with E-state index in [0.29, 0.717) is 25.7 Å². The highest BCUT2D eigenvalue weighted by Gasteiger charge is 2.24. The number of hydrogen-bond acceptors (Lipinski definition) is 3. The van der Waals surface area contributed by atoms with Crippen LogP contribution in [0.3, 0.4) is 0 Å². The monoisotopic (exact) mass is 229 g/mol. The third-order valence-corrected chi connectivity index (χ3v) is 3.82. The van der Waals surface area contributed by atoms with Crippen LogP contribution in [0.15, 0.2) is 0 Å². The Hall–Kier alpha value is -0.120. The summed E-state index contributed by atoms with van der Waals surface area (Å²) in [7, 11) is 1.69. The summed E-state index contributed by atoms with van der Waals surface area (Å²) in [5.41, 5.74) is 6.15. The fourth-order valence-corrected chi connectivity index (χ4v) is 2.52. The van der Waals surface area contributed by atoms with Crippen molar-refractivity contribution in [2.45, 2.75) is 45.1 Å². The lowest BCUT2D eigenvalue weighted by Gasteiger charge is -2.31. The Labute approximate surface area is 99.7 Å². The average Bonchev–Trinajstić information content (AvgIpc) is 2.34. The van der Waals surface area contributed by atoms with Crippen LogP contribution in [-0.4, -0.2) is 33.0 Å². The molecule has 1 atom stereocenters. The number of methoxy groups -OCH3 is 1.